The Morgan fingerprint density at radius 2 is 0.859 bits per heavy atom. The van der Waals surface area contributed by atoms with Crippen molar-refractivity contribution in [2.75, 3.05) is 124 Å². The maximum atomic E-state index is 14.8. The van der Waals surface area contributed by atoms with Crippen molar-refractivity contribution in [2.45, 2.75) is 231 Å². The second-order valence-electron chi connectivity index (χ2n) is 32.4. The van der Waals surface area contributed by atoms with Crippen LogP contribution in [0.15, 0.2) is 66.7 Å². The zero-order valence-electron chi connectivity index (χ0n) is 74.2. The van der Waals surface area contributed by atoms with Gasteiger partial charge in [-0.1, -0.05) is 61.7 Å². The average Bonchev–Trinajstić information content (AvgIpc) is 1.67. The fourth-order valence-electron chi connectivity index (χ4n) is 15.2. The number of phosphoric acid groups is 1. The molecular weight excluding hydrogens is 1820 g/mol. The molecule has 4 fully saturated rings. The molecule has 0 saturated carbocycles. The molecule has 0 aliphatic carbocycles. The van der Waals surface area contributed by atoms with Crippen LogP contribution in [-0.4, -0.2) is 394 Å². The van der Waals surface area contributed by atoms with Gasteiger partial charge >= 0.3 is 0 Å². The predicted octanol–water partition coefficient (Wildman–Crippen LogP) is -9.48. The Labute approximate surface area is 775 Å². The summed E-state index contributed by atoms with van der Waals surface area (Å²) < 4.78 is 70.0. The van der Waals surface area contributed by atoms with Crippen molar-refractivity contribution in [1.29, 1.82) is 0 Å². The first-order valence-electron chi connectivity index (χ1n) is 44.4. The van der Waals surface area contributed by atoms with E-state index in [4.69, 9.17) is 47.2 Å². The molecule has 26 N–H and O–H groups in total. The largest absolute Gasteiger partial charge is 0.756 e. The summed E-state index contributed by atoms with van der Waals surface area (Å²) in [5.74, 6) is -6.93. The Morgan fingerprint density at radius 1 is 0.452 bits per heavy atom. The maximum Gasteiger partial charge on any atom is 0.267 e. The van der Waals surface area contributed by atoms with E-state index in [-0.39, 0.29) is 89.4 Å². The third-order valence-electron chi connectivity index (χ3n) is 22.8. The summed E-state index contributed by atoms with van der Waals surface area (Å²) in [7, 11) is -3.29. The van der Waals surface area contributed by atoms with Gasteiger partial charge < -0.3 is 191 Å². The zero-order chi connectivity index (χ0) is 98.0. The van der Waals surface area contributed by atoms with Gasteiger partial charge in [0.25, 0.3) is 19.6 Å². The summed E-state index contributed by atoms with van der Waals surface area (Å²) in [6.07, 6.45) is -31.3. The van der Waals surface area contributed by atoms with E-state index in [0.29, 0.717) is 63.7 Å². The van der Waals surface area contributed by atoms with Crippen LogP contribution >= 0.6 is 7.82 Å². The molecule has 50 nitrogen and oxygen atoms in total. The second-order valence-corrected chi connectivity index (χ2v) is 33.9. The standard InChI is InChI=1S/C84H127N12O38P/c1-124-135(122,123)130-31-12-3-2-10-24-85-61(104)22-23-62(105)95-40-45-13-6-7-14-49(45)63-64(50-15-8-9-16-53(50)95)96(94-93-63)30-11-4-5-17-58(101)86-25-32-125-48-38-46(77(118)91-51(79(120)89-28-35-128-83-75(116)71(112)67(108)56(43-99)133-83)18-20-59(102)87-26-33-126-81-73(114)69(110)65(106)54(41-97)131-81)37-47(39-48)78(119)92-52(80(121)90-29-36-129-84-76(117)72(113)68(109)57(44-100)134-84)19-21-60(103)88-27-34-127-82-74(115)70(111)66(107)55(42-98)132-82/h6-9,13-16,37-39,51-52,54-57,65-76,81-84,93-94,97-100,106-117H,2-5,10-12,17-36,40-44H2,1H3,(H,85,104)(H,86,101)(H,87,102)(H,88,103)(H,89,120)(H,90,121)(H,91,118)(H,92,119)(H,122,123)/p-1/t51?,52?,54?,55?,56?,57?,65-,66-,67-,68-,69+,70+,71+,72+,73?,74?,75?,76?,81-,82+,83+,84+/m1/s1. The average molecular weight is 1940 g/mol. The minimum absolute atomic E-state index is 0.0223. The highest BCUT2D eigenvalue weighted by atomic mass is 31.2. The number of benzene rings is 3. The number of anilines is 1. The number of aliphatic hydroxyl groups excluding tert-OH is 16. The number of fused-ring (bicyclic) bond motifs is 4. The van der Waals surface area contributed by atoms with Gasteiger partial charge in [0.15, 0.2) is 25.2 Å². The number of hydrogen-bond donors (Lipinski definition) is 26. The van der Waals surface area contributed by atoms with Gasteiger partial charge in [-0.25, -0.2) is 0 Å². The Kier molecular flexibility index (Phi) is 44.8. The van der Waals surface area contributed by atoms with E-state index < -0.39 is 274 Å². The molecule has 0 aromatic heterocycles. The highest BCUT2D eigenvalue weighted by Crippen LogP contribution is 2.41. The number of phosphoric ester groups is 1. The molecule has 9 amide bonds. The van der Waals surface area contributed by atoms with Crippen LogP contribution in [0.4, 0.5) is 5.69 Å². The molecule has 0 spiro atoms. The van der Waals surface area contributed by atoms with Crippen LogP contribution < -0.4 is 68.0 Å². The highest BCUT2D eigenvalue weighted by Gasteiger charge is 2.48. The lowest BCUT2D eigenvalue weighted by atomic mass is 9.95. The second kappa shape index (κ2) is 55.1. The monoisotopic (exact) mass is 1940 g/mol. The van der Waals surface area contributed by atoms with Gasteiger partial charge in [-0.05, 0) is 68.4 Å². The summed E-state index contributed by atoms with van der Waals surface area (Å²) >= 11 is 0. The summed E-state index contributed by atoms with van der Waals surface area (Å²) in [6.45, 7) is -5.80. The molecule has 0 bridgehead atoms. The molecule has 9 rings (SSSR count). The topological polar surface area (TPSA) is 746 Å². The van der Waals surface area contributed by atoms with Crippen LogP contribution in [0.1, 0.15) is 127 Å². The van der Waals surface area contributed by atoms with Gasteiger partial charge in [0, 0.05) is 101 Å². The van der Waals surface area contributed by atoms with Gasteiger partial charge in [0.05, 0.1) is 89.6 Å². The number of rotatable bonds is 54. The molecule has 11 unspecified atom stereocenters. The van der Waals surface area contributed by atoms with E-state index in [0.717, 1.165) is 53.4 Å². The number of nitrogens with one attached hydrogen (secondary N) is 10. The molecule has 51 heteroatoms. The number of hydrogen-bond acceptors (Lipinski definition) is 41. The van der Waals surface area contributed by atoms with Gasteiger partial charge in [-0.3, -0.25) is 52.7 Å². The quantitative estimate of drug-likeness (QED) is 0.0184. The molecular formula is C84H126N12O38P-. The number of para-hydroxylation sites is 1. The molecule has 23 atom stereocenters. The minimum Gasteiger partial charge on any atom is -0.756 e. The zero-order valence-corrected chi connectivity index (χ0v) is 75.1. The molecule has 6 aliphatic heterocycles. The van der Waals surface area contributed by atoms with Gasteiger partial charge in [0.1, 0.15) is 122 Å². The van der Waals surface area contributed by atoms with Crippen LogP contribution in [0.25, 0.3) is 11.4 Å². The molecule has 3 aromatic rings. The molecule has 6 heterocycles. The Morgan fingerprint density at radius 3 is 1.33 bits per heavy atom. The Hall–Kier alpha value is -8.86. The van der Waals surface area contributed by atoms with Crippen LogP contribution in [0.3, 0.4) is 0 Å². The number of hydrazine groups is 2. The van der Waals surface area contributed by atoms with Crippen molar-refractivity contribution in [3.05, 3.63) is 94.5 Å². The number of amides is 9. The van der Waals surface area contributed by atoms with E-state index in [9.17, 15) is 134 Å². The first kappa shape index (κ1) is 110. The van der Waals surface area contributed by atoms with E-state index in [1.54, 1.807) is 4.90 Å². The number of ether oxygens (including phenoxy) is 9. The maximum absolute atomic E-state index is 14.8. The summed E-state index contributed by atoms with van der Waals surface area (Å²) in [5, 5.41) is 186. The fraction of sp³-hybridized carbons (Fsp3) is 0.655. The van der Waals surface area contributed by atoms with Crippen LogP contribution in [0.5, 0.6) is 5.75 Å². The molecule has 0 radical (unpaired) electrons. The molecule has 135 heavy (non-hydrogen) atoms. The third-order valence-corrected chi connectivity index (χ3v) is 23.7. The number of carbonyl (C=O) groups excluding carboxylic acids is 9. The van der Waals surface area contributed by atoms with E-state index >= 15 is 0 Å². The van der Waals surface area contributed by atoms with Crippen LogP contribution in [-0.2, 0) is 91.6 Å². The number of aliphatic hydroxyl groups is 16. The number of nitrogens with zero attached hydrogens (tertiary/aromatic N) is 2. The van der Waals surface area contributed by atoms with Crippen molar-refractivity contribution in [1.82, 2.24) is 58.5 Å². The van der Waals surface area contributed by atoms with Crippen LogP contribution in [0.2, 0.25) is 0 Å². The van der Waals surface area contributed by atoms with Crippen molar-refractivity contribution < 1.29 is 186 Å². The first-order valence-corrected chi connectivity index (χ1v) is 45.9. The number of carbonyl (C=O) groups is 9. The minimum atomic E-state index is -4.31. The Bertz CT molecular complexity index is 4240. The van der Waals surface area contributed by atoms with Crippen molar-refractivity contribution in [3.8, 4) is 5.75 Å². The normalized spacial score (nSPS) is 26.9. The Balaban J connectivity index is 0.876. The van der Waals surface area contributed by atoms with E-state index in [2.05, 4.69) is 58.0 Å². The van der Waals surface area contributed by atoms with E-state index in [1.165, 1.54) is 0 Å². The van der Waals surface area contributed by atoms with E-state index in [1.807, 2.05) is 53.5 Å². The highest BCUT2D eigenvalue weighted by molar-refractivity contribution is 7.45. The van der Waals surface area contributed by atoms with Gasteiger partial charge in [-0.2, -0.15) is 0 Å². The smallest absolute Gasteiger partial charge is 0.267 e. The van der Waals surface area contributed by atoms with Gasteiger partial charge in [-0.15, -0.1) is 5.53 Å². The van der Waals surface area contributed by atoms with Crippen molar-refractivity contribution in [3.63, 3.8) is 0 Å². The lowest BCUT2D eigenvalue weighted by molar-refractivity contribution is -0.300. The predicted molar refractivity (Wildman–Crippen MR) is 460 cm³/mol. The summed E-state index contributed by atoms with van der Waals surface area (Å²) in [6, 6.07) is 15.0. The lowest BCUT2D eigenvalue weighted by Gasteiger charge is -2.39. The van der Waals surface area contributed by atoms with Crippen LogP contribution in [0, 0.1) is 0 Å². The molecule has 3 aromatic carbocycles. The summed E-state index contributed by atoms with van der Waals surface area (Å²) in [5.41, 5.74) is 10.2. The summed E-state index contributed by atoms with van der Waals surface area (Å²) in [4.78, 5) is 139. The van der Waals surface area contributed by atoms with Gasteiger partial charge in [0.2, 0.25) is 41.4 Å². The fourth-order valence-corrected chi connectivity index (χ4v) is 15.6. The first-order chi connectivity index (χ1) is 64.7. The van der Waals surface area contributed by atoms with Crippen molar-refractivity contribution in [2.24, 2.45) is 0 Å². The SMILES string of the molecule is COP(=O)([O-])OCCCCCCNC(=O)CCC(=O)N1Cc2ccccc2C2=C(c3ccccc31)N(CCCCCC(=O)NCCOc1cc(C(=O)NC(CCC(=O)NCCO[C@@H]3OC(CO)[C@@H](O)[C@H](O)C3O)C(=O)NCCO[C@H]3OC(CO)[C@@H](O)[C@H](O)C3O)cc(C(=O)NC(CCC(=O)NCCO[C@H]3OC(CO)[C@@H](O)[C@H](O)C3O)C(=O)NCCO[C@H]3OC(CO)[C@@H](O)[C@H](O)C3O)c1)NN2. The number of unbranched alkanes of at least 4 members (excludes halogenated alkanes) is 5. The molecule has 6 aliphatic rings. The van der Waals surface area contributed by atoms with Crippen molar-refractivity contribution >= 4 is 78.1 Å². The molecule has 4 saturated heterocycles. The molecule has 756 valence electrons. The lowest BCUT2D eigenvalue weighted by Crippen LogP contribution is -2.59. The third kappa shape index (κ3) is 32.1.